The van der Waals surface area contributed by atoms with Crippen LogP contribution in [0.15, 0.2) is 23.6 Å². The lowest BCUT2D eigenvalue weighted by molar-refractivity contribution is -0.137. The van der Waals surface area contributed by atoms with Gasteiger partial charge < -0.3 is 21.9 Å². The molecule has 1 atom stereocenters. The Balaban J connectivity index is 1.77. The van der Waals surface area contributed by atoms with Gasteiger partial charge in [-0.3, -0.25) is 0 Å². The van der Waals surface area contributed by atoms with Gasteiger partial charge in [-0.15, -0.1) is 11.3 Å². The molecule has 1 fully saturated rings. The molecule has 1 unspecified atom stereocenters. The highest BCUT2D eigenvalue weighted by Gasteiger charge is 2.36. The number of halogens is 3. The Hall–Kier alpha value is -2.09. The van der Waals surface area contributed by atoms with E-state index in [1.54, 1.807) is 0 Å². The lowest BCUT2D eigenvalue weighted by Gasteiger charge is -2.31. The minimum Gasteiger partial charge on any atom is -0.402 e. The number of piperidine rings is 1. The molecule has 1 aliphatic rings. The summed E-state index contributed by atoms with van der Waals surface area (Å²) in [7, 11) is 0. The van der Waals surface area contributed by atoms with Gasteiger partial charge in [-0.2, -0.15) is 13.2 Å². The van der Waals surface area contributed by atoms with Crippen LogP contribution in [0.3, 0.4) is 0 Å². The third-order valence-electron chi connectivity index (χ3n) is 4.42. The average molecular weight is 462 g/mol. The van der Waals surface area contributed by atoms with Crippen molar-refractivity contribution in [3.63, 3.8) is 0 Å². The van der Waals surface area contributed by atoms with E-state index in [0.717, 1.165) is 43.5 Å². The second-order valence-corrected chi connectivity index (χ2v) is 8.94. The molecule has 0 aromatic carbocycles. The summed E-state index contributed by atoms with van der Waals surface area (Å²) in [6, 6.07) is 0.0128. The first-order valence-electron chi connectivity index (χ1n) is 9.12. The summed E-state index contributed by atoms with van der Waals surface area (Å²) >= 11 is 2.34. The highest BCUT2D eigenvalue weighted by Crippen LogP contribution is 2.38. The fraction of sp³-hybridized carbons (Fsp3) is 0.471. The largest absolute Gasteiger partial charge is 0.420 e. The van der Waals surface area contributed by atoms with Crippen molar-refractivity contribution in [3.8, 4) is 10.7 Å². The number of nitrogens with two attached hydrogens (primary N) is 2. The molecule has 0 bridgehead atoms. The molecule has 0 spiro atoms. The minimum atomic E-state index is -4.62. The monoisotopic (exact) mass is 461 g/mol. The van der Waals surface area contributed by atoms with E-state index in [1.165, 1.54) is 31.3 Å². The second-order valence-electron chi connectivity index (χ2n) is 6.71. The zero-order valence-electron chi connectivity index (χ0n) is 16.1. The normalized spacial score (nSPS) is 17.8. The number of hydrogen-bond acceptors (Lipinski definition) is 10. The van der Waals surface area contributed by atoms with Gasteiger partial charge in [0.1, 0.15) is 16.3 Å². The van der Waals surface area contributed by atoms with Crippen molar-refractivity contribution < 1.29 is 18.3 Å². The average Bonchev–Trinajstić information content (AvgIpc) is 3.19. The summed E-state index contributed by atoms with van der Waals surface area (Å²) in [4.78, 5) is 12.5. The summed E-state index contributed by atoms with van der Waals surface area (Å²) in [6.07, 6.45) is -0.489. The zero-order valence-corrected chi connectivity index (χ0v) is 17.7. The van der Waals surface area contributed by atoms with E-state index in [2.05, 4.69) is 24.6 Å². The molecule has 0 saturated carbocycles. The molecular weight excluding hydrogens is 439 g/mol. The number of aliphatic hydroxyl groups is 1. The quantitative estimate of drug-likeness (QED) is 0.480. The molecule has 6 N–H and O–H groups in total. The molecule has 2 aromatic rings. The fourth-order valence-electron chi connectivity index (χ4n) is 2.86. The van der Waals surface area contributed by atoms with Crippen LogP contribution in [-0.2, 0) is 6.18 Å². The molecule has 1 saturated heterocycles. The Morgan fingerprint density at radius 1 is 1.37 bits per heavy atom. The molecule has 0 radical (unpaired) electrons. The number of nitrogens with zero attached hydrogens (tertiary/aromatic N) is 4. The molecule has 1 aliphatic heterocycles. The molecule has 0 aliphatic carbocycles. The third-order valence-corrected chi connectivity index (χ3v) is 6.56. The maximum Gasteiger partial charge on any atom is 0.420 e. The number of hydrogen-bond donors (Lipinski definition) is 4. The van der Waals surface area contributed by atoms with Gasteiger partial charge in [-0.05, 0) is 31.7 Å². The van der Waals surface area contributed by atoms with Gasteiger partial charge in [0.15, 0.2) is 0 Å². The third kappa shape index (κ3) is 5.53. The Morgan fingerprint density at radius 3 is 2.63 bits per heavy atom. The van der Waals surface area contributed by atoms with Gasteiger partial charge in [0.05, 0.1) is 16.0 Å². The van der Waals surface area contributed by atoms with Gasteiger partial charge in [0, 0.05) is 37.7 Å². The van der Waals surface area contributed by atoms with Crippen LogP contribution in [0.1, 0.15) is 36.3 Å². The molecule has 30 heavy (non-hydrogen) atoms. The van der Waals surface area contributed by atoms with E-state index in [1.807, 2.05) is 0 Å². The first-order chi connectivity index (χ1) is 14.2. The van der Waals surface area contributed by atoms with Crippen LogP contribution in [0.4, 0.5) is 19.1 Å². The molecule has 164 valence electrons. The summed E-state index contributed by atoms with van der Waals surface area (Å²) in [5, 5.41) is 13.4. The van der Waals surface area contributed by atoms with Gasteiger partial charge in [0.25, 0.3) is 0 Å². The van der Waals surface area contributed by atoms with Crippen LogP contribution in [0, 0.1) is 0 Å². The molecule has 2 aromatic heterocycles. The molecule has 8 nitrogen and oxygen atoms in total. The Kier molecular flexibility index (Phi) is 7.06. The van der Waals surface area contributed by atoms with Crippen LogP contribution in [0.25, 0.3) is 10.7 Å². The predicted octanol–water partition coefficient (Wildman–Crippen LogP) is 2.91. The summed E-state index contributed by atoms with van der Waals surface area (Å²) in [5.74, 6) is 0.110. The highest BCUT2D eigenvalue weighted by atomic mass is 32.2. The Morgan fingerprint density at radius 2 is 2.07 bits per heavy atom. The number of anilines is 1. The predicted molar refractivity (Wildman–Crippen MR) is 111 cm³/mol. The first-order valence-corrected chi connectivity index (χ1v) is 10.7. The van der Waals surface area contributed by atoms with Crippen molar-refractivity contribution in [2.24, 2.45) is 11.5 Å². The molecule has 13 heteroatoms. The zero-order chi connectivity index (χ0) is 21.9. The van der Waals surface area contributed by atoms with E-state index in [4.69, 9.17) is 11.5 Å². The second kappa shape index (κ2) is 9.37. The van der Waals surface area contributed by atoms with Gasteiger partial charge >= 0.3 is 6.18 Å². The number of rotatable bonds is 6. The maximum atomic E-state index is 13.5. The smallest absolute Gasteiger partial charge is 0.402 e. The van der Waals surface area contributed by atoms with Crippen molar-refractivity contribution in [2.75, 3.05) is 18.4 Å². The molecule has 0 amide bonds. The number of alkyl halides is 3. The van der Waals surface area contributed by atoms with E-state index in [9.17, 15) is 18.3 Å². The van der Waals surface area contributed by atoms with Crippen molar-refractivity contribution in [3.05, 3.63) is 34.1 Å². The Bertz CT molecular complexity index is 896. The number of nitrogens with one attached hydrogen (secondary N) is 1. The molecule has 3 rings (SSSR count). The summed E-state index contributed by atoms with van der Waals surface area (Å²) in [5.41, 5.74) is 9.83. The van der Waals surface area contributed by atoms with Crippen molar-refractivity contribution in [1.29, 1.82) is 0 Å². The van der Waals surface area contributed by atoms with E-state index in [0.29, 0.717) is 9.91 Å². The van der Waals surface area contributed by atoms with Crippen LogP contribution in [0.2, 0.25) is 0 Å². The van der Waals surface area contributed by atoms with E-state index < -0.39 is 17.8 Å². The van der Waals surface area contributed by atoms with E-state index in [-0.39, 0.29) is 22.7 Å². The van der Waals surface area contributed by atoms with Crippen molar-refractivity contribution >= 4 is 29.2 Å². The molecular formula is C17H22F3N7OS2. The van der Waals surface area contributed by atoms with Crippen LogP contribution in [-0.4, -0.2) is 43.5 Å². The Labute approximate surface area is 179 Å². The fourth-order valence-corrected chi connectivity index (χ4v) is 4.47. The number of aromatic nitrogens is 3. The van der Waals surface area contributed by atoms with Crippen molar-refractivity contribution in [2.45, 2.75) is 38.1 Å². The lowest BCUT2D eigenvalue weighted by Crippen LogP contribution is -2.36. The van der Waals surface area contributed by atoms with Crippen LogP contribution >= 0.6 is 23.3 Å². The van der Waals surface area contributed by atoms with Gasteiger partial charge in [-0.1, -0.05) is 0 Å². The van der Waals surface area contributed by atoms with Gasteiger partial charge in [-0.25, -0.2) is 19.3 Å². The summed E-state index contributed by atoms with van der Waals surface area (Å²) < 4.78 is 42.5. The number of thiazole rings is 1. The lowest BCUT2D eigenvalue weighted by atomic mass is 10.1. The van der Waals surface area contributed by atoms with Crippen LogP contribution < -0.4 is 16.8 Å². The summed E-state index contributed by atoms with van der Waals surface area (Å²) in [6.45, 7) is 2.99. The first kappa shape index (κ1) is 22.6. The SMILES string of the molecule is CC(O)c1cnc(-c2nc(NC3CCN(S/C(N)=C/N)CC3)ncc2C(F)(F)F)s1. The van der Waals surface area contributed by atoms with Crippen molar-refractivity contribution in [1.82, 2.24) is 19.3 Å². The standard InChI is InChI=1S/C17H22F3N7OS2/c1-9(28)12-8-23-15(29-12)14-11(17(18,19)20)7-24-16(26-14)25-10-2-4-27(5-3-10)30-13(22)6-21/h6-10,28H,2-5,21-22H2,1H3,(H,24,25,26)/b13-6+. The van der Waals surface area contributed by atoms with Crippen LogP contribution in [0.5, 0.6) is 0 Å². The number of aliphatic hydroxyl groups excluding tert-OH is 1. The van der Waals surface area contributed by atoms with E-state index >= 15 is 0 Å². The van der Waals surface area contributed by atoms with Gasteiger partial charge in [0.2, 0.25) is 5.95 Å². The topological polar surface area (TPSA) is 126 Å². The minimum absolute atomic E-state index is 0.0128. The maximum absolute atomic E-state index is 13.5. The molecule has 3 heterocycles. The highest BCUT2D eigenvalue weighted by molar-refractivity contribution is 8.00.